The Hall–Kier alpha value is -2.50. The molecule has 0 N–H and O–H groups in total. The SMILES string of the molecule is CCCCCCCCCCCCCCCC(=O)OC[C@H](COP(=O)([O-])OCC[N+](C)(C)C)OC(=O)CCCC(=O)C=CC(=O)C=CC(C)=O. The Labute approximate surface area is 294 Å². The lowest BCUT2D eigenvalue weighted by Gasteiger charge is -2.28. The lowest BCUT2D eigenvalue weighted by molar-refractivity contribution is -0.870. The van der Waals surface area contributed by atoms with E-state index in [4.69, 9.17) is 18.5 Å². The number of carbonyl (C=O) groups is 5. The number of rotatable bonds is 32. The maximum atomic E-state index is 12.5. The van der Waals surface area contributed by atoms with Gasteiger partial charge in [0.05, 0.1) is 27.7 Å². The topological polar surface area (TPSA) is 162 Å². The van der Waals surface area contributed by atoms with Crippen LogP contribution in [0, 0.1) is 0 Å². The number of carbonyl (C=O) groups excluding carboxylic acids is 5. The Morgan fingerprint density at radius 2 is 1.20 bits per heavy atom. The molecule has 13 heteroatoms. The normalized spacial score (nSPS) is 13.8. The Morgan fingerprint density at radius 1 is 0.673 bits per heavy atom. The molecule has 0 saturated heterocycles. The van der Waals surface area contributed by atoms with Crippen molar-refractivity contribution in [3.05, 3.63) is 24.3 Å². The van der Waals surface area contributed by atoms with Gasteiger partial charge >= 0.3 is 11.9 Å². The second-order valence-corrected chi connectivity index (χ2v) is 14.8. The molecule has 0 aromatic carbocycles. The minimum Gasteiger partial charge on any atom is -0.756 e. The van der Waals surface area contributed by atoms with E-state index in [0.717, 1.165) is 43.6 Å². The third kappa shape index (κ3) is 32.5. The van der Waals surface area contributed by atoms with Crippen LogP contribution in [0.2, 0.25) is 0 Å². The summed E-state index contributed by atoms with van der Waals surface area (Å²) in [5.74, 6) is -2.46. The Kier molecular flexibility index (Phi) is 26.8. The van der Waals surface area contributed by atoms with Gasteiger partial charge in [-0.05, 0) is 44.1 Å². The summed E-state index contributed by atoms with van der Waals surface area (Å²) in [4.78, 5) is 71.7. The third-order valence-electron chi connectivity index (χ3n) is 7.36. The first-order valence-electron chi connectivity index (χ1n) is 17.8. The monoisotopic (exact) mass is 715 g/mol. The Morgan fingerprint density at radius 3 is 1.76 bits per heavy atom. The molecule has 0 heterocycles. The molecule has 0 aliphatic carbocycles. The second-order valence-electron chi connectivity index (χ2n) is 13.4. The maximum absolute atomic E-state index is 12.5. The van der Waals surface area contributed by atoms with Crippen molar-refractivity contribution in [1.82, 2.24) is 0 Å². The Bertz CT molecular complexity index is 1080. The number of esters is 2. The molecule has 0 spiro atoms. The van der Waals surface area contributed by atoms with Crippen LogP contribution in [0.3, 0.4) is 0 Å². The van der Waals surface area contributed by atoms with E-state index >= 15 is 0 Å². The van der Waals surface area contributed by atoms with Crippen LogP contribution in [-0.2, 0) is 47.1 Å². The van der Waals surface area contributed by atoms with Crippen LogP contribution in [0.5, 0.6) is 0 Å². The molecule has 0 fully saturated rings. The van der Waals surface area contributed by atoms with Gasteiger partial charge in [-0.2, -0.15) is 0 Å². The molecule has 12 nitrogen and oxygen atoms in total. The smallest absolute Gasteiger partial charge is 0.306 e. The van der Waals surface area contributed by atoms with Crippen LogP contribution >= 0.6 is 7.82 Å². The highest BCUT2D eigenvalue weighted by Gasteiger charge is 2.22. The lowest BCUT2D eigenvalue weighted by Crippen LogP contribution is -2.37. The van der Waals surface area contributed by atoms with E-state index in [-0.39, 0.29) is 38.1 Å². The number of likely N-dealkylation sites (N-methyl/N-ethyl adjacent to an activating group) is 1. The van der Waals surface area contributed by atoms with Crippen LogP contribution in [0.15, 0.2) is 24.3 Å². The zero-order valence-electron chi connectivity index (χ0n) is 30.6. The predicted octanol–water partition coefficient (Wildman–Crippen LogP) is 6.14. The highest BCUT2D eigenvalue weighted by molar-refractivity contribution is 7.45. The van der Waals surface area contributed by atoms with Gasteiger partial charge in [0.1, 0.15) is 19.8 Å². The van der Waals surface area contributed by atoms with Gasteiger partial charge in [0.15, 0.2) is 23.5 Å². The number of ether oxygens (including phenoxy) is 2. The molecule has 2 atom stereocenters. The number of unbranched alkanes of at least 4 members (excludes halogenated alkanes) is 12. The third-order valence-corrected chi connectivity index (χ3v) is 8.33. The number of hydrogen-bond donors (Lipinski definition) is 0. The summed E-state index contributed by atoms with van der Waals surface area (Å²) in [5.41, 5.74) is 0. The first kappa shape index (κ1) is 46.5. The molecule has 0 bridgehead atoms. The van der Waals surface area contributed by atoms with Crippen molar-refractivity contribution in [2.45, 2.75) is 129 Å². The van der Waals surface area contributed by atoms with Crippen molar-refractivity contribution >= 4 is 37.1 Å². The van der Waals surface area contributed by atoms with E-state index < -0.39 is 50.6 Å². The summed E-state index contributed by atoms with van der Waals surface area (Å²) in [7, 11) is 0.900. The summed E-state index contributed by atoms with van der Waals surface area (Å²) >= 11 is 0. The number of phosphoric ester groups is 1. The summed E-state index contributed by atoms with van der Waals surface area (Å²) in [5, 5.41) is 0. The number of phosphoric acid groups is 1. The zero-order chi connectivity index (χ0) is 37.0. The minimum atomic E-state index is -4.72. The average Bonchev–Trinajstić information content (AvgIpc) is 3.01. The number of nitrogens with zero attached hydrogens (tertiary/aromatic N) is 1. The van der Waals surface area contributed by atoms with Crippen LogP contribution in [-0.4, -0.2) is 87.4 Å². The van der Waals surface area contributed by atoms with Gasteiger partial charge < -0.3 is 27.9 Å². The van der Waals surface area contributed by atoms with Gasteiger partial charge in [-0.3, -0.25) is 28.5 Å². The molecule has 0 radical (unpaired) electrons. The summed E-state index contributed by atoms with van der Waals surface area (Å²) in [6.45, 7) is 2.80. The molecule has 282 valence electrons. The fraction of sp³-hybridized carbons (Fsp3) is 0.750. The van der Waals surface area contributed by atoms with Crippen LogP contribution < -0.4 is 4.89 Å². The molecule has 0 aromatic rings. The zero-order valence-corrected chi connectivity index (χ0v) is 31.5. The van der Waals surface area contributed by atoms with Crippen LogP contribution in [0.25, 0.3) is 0 Å². The summed E-state index contributed by atoms with van der Waals surface area (Å²) in [6, 6.07) is 0. The van der Waals surface area contributed by atoms with Gasteiger partial charge in [-0.1, -0.05) is 84.0 Å². The van der Waals surface area contributed by atoms with Crippen LogP contribution in [0.4, 0.5) is 0 Å². The van der Waals surface area contributed by atoms with E-state index in [0.29, 0.717) is 17.4 Å². The van der Waals surface area contributed by atoms with Gasteiger partial charge in [0, 0.05) is 19.3 Å². The Balaban J connectivity index is 4.67. The summed E-state index contributed by atoms with van der Waals surface area (Å²) < 4.78 is 33.2. The minimum absolute atomic E-state index is 0.0551. The quantitative estimate of drug-likeness (QED) is 0.0259. The van der Waals surface area contributed by atoms with Crippen molar-refractivity contribution in [1.29, 1.82) is 0 Å². The second kappa shape index (κ2) is 28.2. The highest BCUT2D eigenvalue weighted by Crippen LogP contribution is 2.38. The molecule has 0 amide bonds. The molecule has 0 saturated carbocycles. The molecule has 0 rings (SSSR count). The van der Waals surface area contributed by atoms with Crippen molar-refractivity contribution in [2.75, 3.05) is 47.5 Å². The van der Waals surface area contributed by atoms with E-state index in [1.165, 1.54) is 64.7 Å². The van der Waals surface area contributed by atoms with E-state index in [2.05, 4.69) is 6.92 Å². The van der Waals surface area contributed by atoms with Gasteiger partial charge in [0.25, 0.3) is 7.82 Å². The average molecular weight is 716 g/mol. The molecule has 1 unspecified atom stereocenters. The number of quaternary nitrogens is 1. The molecule has 0 aliphatic heterocycles. The van der Waals surface area contributed by atoms with E-state index in [1.54, 1.807) is 0 Å². The number of ketones is 3. The van der Waals surface area contributed by atoms with Gasteiger partial charge in [0.2, 0.25) is 0 Å². The van der Waals surface area contributed by atoms with E-state index in [1.807, 2.05) is 21.1 Å². The standard InChI is InChI=1S/C36H62NO11P/c1-6-7-8-9-10-11-12-13-14-15-16-17-18-21-35(41)45-29-34(30-47-49(43,44)46-28-27-37(3,4)5)48-36(42)22-19-20-32(39)25-26-33(40)24-23-31(2)38/h23-26,34H,6-22,27-30H2,1-5H3/t34-/m1/s1. The predicted molar refractivity (Wildman–Crippen MR) is 186 cm³/mol. The van der Waals surface area contributed by atoms with Gasteiger partial charge in [-0.25, -0.2) is 0 Å². The van der Waals surface area contributed by atoms with Crippen molar-refractivity contribution in [3.63, 3.8) is 0 Å². The number of allylic oxidation sites excluding steroid dienone is 4. The van der Waals surface area contributed by atoms with Crippen molar-refractivity contribution in [2.24, 2.45) is 0 Å². The maximum Gasteiger partial charge on any atom is 0.306 e. The molecular weight excluding hydrogens is 653 g/mol. The van der Waals surface area contributed by atoms with Crippen molar-refractivity contribution < 1.29 is 56.4 Å². The van der Waals surface area contributed by atoms with Crippen LogP contribution in [0.1, 0.15) is 123 Å². The van der Waals surface area contributed by atoms with Crippen molar-refractivity contribution in [3.8, 4) is 0 Å². The fourth-order valence-electron chi connectivity index (χ4n) is 4.46. The van der Waals surface area contributed by atoms with E-state index in [9.17, 15) is 33.4 Å². The lowest BCUT2D eigenvalue weighted by atomic mass is 10.0. The molecule has 0 aliphatic rings. The molecular formula is C36H62NO11P. The number of hydrogen-bond acceptors (Lipinski definition) is 11. The summed E-state index contributed by atoms with van der Waals surface area (Å²) in [6.07, 6.45) is 18.4. The first-order valence-corrected chi connectivity index (χ1v) is 19.3. The largest absolute Gasteiger partial charge is 0.756 e. The molecule has 49 heavy (non-hydrogen) atoms. The highest BCUT2D eigenvalue weighted by atomic mass is 31.2. The first-order chi connectivity index (χ1) is 23.1. The fourth-order valence-corrected chi connectivity index (χ4v) is 5.19. The van der Waals surface area contributed by atoms with Gasteiger partial charge in [-0.15, -0.1) is 0 Å². The molecule has 0 aromatic heterocycles.